The number of benzene rings is 2. The van der Waals surface area contributed by atoms with Gasteiger partial charge in [-0.1, -0.05) is 55.2 Å². The summed E-state index contributed by atoms with van der Waals surface area (Å²) < 4.78 is 5.91. The first kappa shape index (κ1) is 24.1. The van der Waals surface area contributed by atoms with Crippen LogP contribution in [-0.2, 0) is 13.2 Å². The smallest absolute Gasteiger partial charge is 0.264 e. The molecule has 0 atom stereocenters. The number of rotatable bonds is 7. The second-order valence-corrected chi connectivity index (χ2v) is 10.4. The fraction of sp³-hybridized carbons (Fsp3) is 0.346. The van der Waals surface area contributed by atoms with E-state index in [0.717, 1.165) is 41.4 Å². The molecular weight excluding hydrogens is 475 g/mol. The highest BCUT2D eigenvalue weighted by Gasteiger charge is 2.23. The van der Waals surface area contributed by atoms with Gasteiger partial charge in [0.05, 0.1) is 4.88 Å². The van der Waals surface area contributed by atoms with Crippen LogP contribution in [-0.4, -0.2) is 41.9 Å². The van der Waals surface area contributed by atoms with Crippen molar-refractivity contribution in [2.45, 2.75) is 32.9 Å². The summed E-state index contributed by atoms with van der Waals surface area (Å²) in [6.45, 7) is 8.61. The third-order valence-corrected chi connectivity index (χ3v) is 7.44. The molecule has 3 aromatic rings. The van der Waals surface area contributed by atoms with Gasteiger partial charge in [0.25, 0.3) is 5.91 Å². The van der Waals surface area contributed by atoms with E-state index in [9.17, 15) is 4.79 Å². The van der Waals surface area contributed by atoms with Crippen LogP contribution in [0.5, 0.6) is 5.75 Å². The Balaban J connectivity index is 1.27. The molecule has 1 fully saturated rings. The Morgan fingerprint density at radius 3 is 2.42 bits per heavy atom. The molecule has 2 heterocycles. The molecule has 174 valence electrons. The summed E-state index contributed by atoms with van der Waals surface area (Å²) in [5.74, 6) is 1.44. The van der Waals surface area contributed by atoms with Crippen molar-refractivity contribution < 1.29 is 9.53 Å². The van der Waals surface area contributed by atoms with Crippen molar-refractivity contribution in [2.24, 2.45) is 0 Å². The second-order valence-electron chi connectivity index (χ2n) is 8.64. The number of hydrogen-bond donors (Lipinski definition) is 0. The number of ether oxygens (including phenoxy) is 1. The molecule has 7 heteroatoms. The molecule has 1 aliphatic rings. The summed E-state index contributed by atoms with van der Waals surface area (Å²) in [5.41, 5.74) is 3.37. The van der Waals surface area contributed by atoms with Crippen LogP contribution in [0, 0.1) is 0 Å². The van der Waals surface area contributed by atoms with E-state index in [1.807, 2.05) is 40.6 Å². The Labute approximate surface area is 209 Å². The minimum absolute atomic E-state index is 0.0942. The molecule has 2 aromatic carbocycles. The van der Waals surface area contributed by atoms with Crippen molar-refractivity contribution in [3.05, 3.63) is 85.5 Å². The number of nitrogens with zero attached hydrogens (tertiary/aromatic N) is 2. The summed E-state index contributed by atoms with van der Waals surface area (Å²) in [4.78, 5) is 18.0. The number of carbonyl (C=O) groups excluding carboxylic acids is 1. The number of hydrogen-bond acceptors (Lipinski definition) is 4. The number of carbonyl (C=O) groups is 1. The van der Waals surface area contributed by atoms with Gasteiger partial charge in [-0.25, -0.2) is 0 Å². The first-order valence-electron chi connectivity index (χ1n) is 11.1. The van der Waals surface area contributed by atoms with Crippen molar-refractivity contribution >= 4 is 40.4 Å². The van der Waals surface area contributed by atoms with Crippen LogP contribution in [0.15, 0.2) is 53.9 Å². The molecule has 33 heavy (non-hydrogen) atoms. The second kappa shape index (κ2) is 10.9. The van der Waals surface area contributed by atoms with Gasteiger partial charge in [-0.05, 0) is 52.8 Å². The Kier molecular flexibility index (Phi) is 7.97. The Bertz CT molecular complexity index is 1090. The molecule has 4 nitrogen and oxygen atoms in total. The third-order valence-electron chi connectivity index (χ3n) is 5.89. The van der Waals surface area contributed by atoms with E-state index >= 15 is 0 Å². The van der Waals surface area contributed by atoms with Crippen LogP contribution in [0.25, 0.3) is 0 Å². The zero-order valence-corrected chi connectivity index (χ0v) is 21.2. The summed E-state index contributed by atoms with van der Waals surface area (Å²) in [7, 11) is 0. The van der Waals surface area contributed by atoms with Crippen LogP contribution in [0.2, 0.25) is 10.0 Å². The summed E-state index contributed by atoms with van der Waals surface area (Å²) in [6.07, 6.45) is 0. The van der Waals surface area contributed by atoms with Crippen LogP contribution in [0.3, 0.4) is 0 Å². The van der Waals surface area contributed by atoms with Gasteiger partial charge in [0.2, 0.25) is 0 Å². The van der Waals surface area contributed by atoms with Crippen LogP contribution < -0.4 is 4.74 Å². The minimum atomic E-state index is 0.0942. The Hall–Kier alpha value is -2.05. The molecule has 0 N–H and O–H groups in total. The highest BCUT2D eigenvalue weighted by Crippen LogP contribution is 2.24. The molecule has 0 spiro atoms. The van der Waals surface area contributed by atoms with Gasteiger partial charge in [0.15, 0.2) is 0 Å². The monoisotopic (exact) mass is 502 g/mol. The molecule has 1 saturated heterocycles. The summed E-state index contributed by atoms with van der Waals surface area (Å²) in [5, 5.41) is 3.34. The lowest BCUT2D eigenvalue weighted by Crippen LogP contribution is -2.48. The predicted octanol–water partition coefficient (Wildman–Crippen LogP) is 6.72. The highest BCUT2D eigenvalue weighted by atomic mass is 35.5. The van der Waals surface area contributed by atoms with E-state index in [0.29, 0.717) is 35.7 Å². The lowest BCUT2D eigenvalue weighted by atomic mass is 10.0. The van der Waals surface area contributed by atoms with Gasteiger partial charge in [-0.3, -0.25) is 9.69 Å². The maximum Gasteiger partial charge on any atom is 0.264 e. The lowest BCUT2D eigenvalue weighted by molar-refractivity contribution is 0.0633. The fourth-order valence-corrected chi connectivity index (χ4v) is 5.17. The Morgan fingerprint density at radius 2 is 1.76 bits per heavy atom. The zero-order valence-electron chi connectivity index (χ0n) is 18.9. The lowest BCUT2D eigenvalue weighted by Gasteiger charge is -2.34. The van der Waals surface area contributed by atoms with Crippen molar-refractivity contribution in [2.75, 3.05) is 26.2 Å². The molecule has 1 aromatic heterocycles. The molecule has 4 rings (SSSR count). The average molecular weight is 503 g/mol. The van der Waals surface area contributed by atoms with Crippen molar-refractivity contribution in [3.8, 4) is 5.75 Å². The number of amides is 1. The largest absolute Gasteiger partial charge is 0.489 e. The summed E-state index contributed by atoms with van der Waals surface area (Å²) >= 11 is 13.8. The van der Waals surface area contributed by atoms with Gasteiger partial charge >= 0.3 is 0 Å². The molecule has 0 unspecified atom stereocenters. The van der Waals surface area contributed by atoms with Gasteiger partial charge in [-0.2, -0.15) is 0 Å². The SMILES string of the molecule is CC(C)c1ccc(OCc2csc(C(=O)N3CCN(Cc4ccc(Cl)cc4Cl)CC3)c2)cc1. The molecule has 0 radical (unpaired) electrons. The fourth-order valence-electron chi connectivity index (χ4n) is 3.83. The first-order valence-corrected chi connectivity index (χ1v) is 12.8. The van der Waals surface area contributed by atoms with Gasteiger partial charge in [0.1, 0.15) is 12.4 Å². The number of piperazine rings is 1. The molecular formula is C26H28Cl2N2O2S. The molecule has 0 aliphatic carbocycles. The van der Waals surface area contributed by atoms with Gasteiger partial charge in [0, 0.05) is 48.3 Å². The molecule has 0 saturated carbocycles. The predicted molar refractivity (Wildman–Crippen MR) is 137 cm³/mol. The quantitative estimate of drug-likeness (QED) is 0.359. The third kappa shape index (κ3) is 6.30. The van der Waals surface area contributed by atoms with Crippen LogP contribution >= 0.6 is 34.5 Å². The van der Waals surface area contributed by atoms with Crippen molar-refractivity contribution in [3.63, 3.8) is 0 Å². The molecule has 1 amide bonds. The normalized spacial score (nSPS) is 14.6. The molecule has 1 aliphatic heterocycles. The van der Waals surface area contributed by atoms with E-state index in [1.165, 1.54) is 16.9 Å². The van der Waals surface area contributed by atoms with E-state index in [-0.39, 0.29) is 5.91 Å². The van der Waals surface area contributed by atoms with Crippen molar-refractivity contribution in [1.29, 1.82) is 0 Å². The topological polar surface area (TPSA) is 32.8 Å². The Morgan fingerprint density at radius 1 is 1.03 bits per heavy atom. The summed E-state index contributed by atoms with van der Waals surface area (Å²) in [6, 6.07) is 15.8. The zero-order chi connectivity index (χ0) is 23.4. The van der Waals surface area contributed by atoms with Gasteiger partial charge in [-0.15, -0.1) is 11.3 Å². The highest BCUT2D eigenvalue weighted by molar-refractivity contribution is 7.12. The molecule has 0 bridgehead atoms. The van der Waals surface area contributed by atoms with Crippen molar-refractivity contribution in [1.82, 2.24) is 9.80 Å². The van der Waals surface area contributed by atoms with Crippen LogP contribution in [0.1, 0.15) is 46.1 Å². The maximum absolute atomic E-state index is 13.0. The first-order chi connectivity index (χ1) is 15.9. The van der Waals surface area contributed by atoms with Crippen LogP contribution in [0.4, 0.5) is 0 Å². The minimum Gasteiger partial charge on any atom is -0.489 e. The maximum atomic E-state index is 13.0. The van der Waals surface area contributed by atoms with Gasteiger partial charge < -0.3 is 9.64 Å². The van der Waals surface area contributed by atoms with E-state index in [4.69, 9.17) is 27.9 Å². The van der Waals surface area contributed by atoms with E-state index in [2.05, 4.69) is 30.9 Å². The number of halogens is 2. The van der Waals surface area contributed by atoms with E-state index in [1.54, 1.807) is 6.07 Å². The average Bonchev–Trinajstić information content (AvgIpc) is 3.29. The standard InChI is InChI=1S/C26H28Cl2N2O2S/c1-18(2)20-4-7-23(8-5-20)32-16-19-13-25(33-17-19)26(31)30-11-9-29(10-12-30)15-21-3-6-22(27)14-24(21)28/h3-8,13-14,17-18H,9-12,15-16H2,1-2H3. The number of thiophene rings is 1. The van der Waals surface area contributed by atoms with E-state index < -0.39 is 0 Å².